The first-order valence-corrected chi connectivity index (χ1v) is 11.6. The van der Waals surface area contributed by atoms with Crippen LogP contribution in [0.5, 0.6) is 5.75 Å². The first-order chi connectivity index (χ1) is 16.4. The molecule has 1 N–H and O–H groups in total. The normalized spacial score (nSPS) is 15.6. The van der Waals surface area contributed by atoms with Gasteiger partial charge in [-0.25, -0.2) is 0 Å². The molecule has 0 bridgehead atoms. The lowest BCUT2D eigenvalue weighted by Crippen LogP contribution is -2.37. The van der Waals surface area contributed by atoms with Gasteiger partial charge in [-0.3, -0.25) is 14.5 Å². The lowest BCUT2D eigenvalue weighted by molar-refractivity contribution is -0.124. The van der Waals surface area contributed by atoms with Crippen molar-refractivity contribution < 1.29 is 14.3 Å². The van der Waals surface area contributed by atoms with Gasteiger partial charge in [-0.05, 0) is 66.3 Å². The maximum absolute atomic E-state index is 13.5. The molecule has 1 atom stereocenters. The molecule has 6 nitrogen and oxygen atoms in total. The Morgan fingerprint density at radius 1 is 1.03 bits per heavy atom. The van der Waals surface area contributed by atoms with E-state index >= 15 is 0 Å². The van der Waals surface area contributed by atoms with Crippen molar-refractivity contribution in [3.8, 4) is 5.75 Å². The van der Waals surface area contributed by atoms with Gasteiger partial charge < -0.3 is 15.0 Å². The van der Waals surface area contributed by atoms with Gasteiger partial charge in [0, 0.05) is 11.6 Å². The van der Waals surface area contributed by atoms with Crippen LogP contribution in [0.3, 0.4) is 0 Å². The van der Waals surface area contributed by atoms with E-state index in [4.69, 9.17) is 40.2 Å². The predicted octanol–water partition coefficient (Wildman–Crippen LogP) is 5.53. The average Bonchev–Trinajstić information content (AvgIpc) is 3.05. The molecule has 1 fully saturated rings. The van der Waals surface area contributed by atoms with Crippen LogP contribution in [0.15, 0.2) is 72.8 Å². The summed E-state index contributed by atoms with van der Waals surface area (Å²) in [5.74, 6) is 0.101. The van der Waals surface area contributed by atoms with Crippen molar-refractivity contribution in [2.45, 2.75) is 19.0 Å². The summed E-state index contributed by atoms with van der Waals surface area (Å²) in [4.78, 5) is 29.6. The highest BCUT2D eigenvalue weighted by Gasteiger charge is 2.44. The average molecular weight is 514 g/mol. The van der Waals surface area contributed by atoms with E-state index in [1.54, 1.807) is 60.5 Å². The Hall–Kier alpha value is -3.13. The molecule has 0 spiro atoms. The van der Waals surface area contributed by atoms with E-state index in [0.29, 0.717) is 33.1 Å². The van der Waals surface area contributed by atoms with Crippen molar-refractivity contribution in [1.29, 1.82) is 0 Å². The summed E-state index contributed by atoms with van der Waals surface area (Å²) in [5, 5.41) is 4.07. The largest absolute Gasteiger partial charge is 0.497 e. The Morgan fingerprint density at radius 3 is 2.35 bits per heavy atom. The van der Waals surface area contributed by atoms with Crippen LogP contribution in [0.1, 0.15) is 12.0 Å². The van der Waals surface area contributed by atoms with E-state index in [1.165, 1.54) is 4.90 Å². The lowest BCUT2D eigenvalue weighted by Gasteiger charge is -2.24. The van der Waals surface area contributed by atoms with Crippen LogP contribution in [-0.2, 0) is 16.1 Å². The van der Waals surface area contributed by atoms with Gasteiger partial charge in [0.15, 0.2) is 5.11 Å². The summed E-state index contributed by atoms with van der Waals surface area (Å²) < 4.78 is 5.23. The van der Waals surface area contributed by atoms with E-state index < -0.39 is 6.04 Å². The quantitative estimate of drug-likeness (QED) is 0.420. The fourth-order valence-electron chi connectivity index (χ4n) is 3.71. The van der Waals surface area contributed by atoms with Crippen LogP contribution in [-0.4, -0.2) is 35.0 Å². The minimum absolute atomic E-state index is 0.0928. The minimum atomic E-state index is -0.784. The summed E-state index contributed by atoms with van der Waals surface area (Å²) in [6, 6.07) is 20.5. The molecular formula is C25H21Cl2N3O3S. The fraction of sp³-hybridized carbons (Fsp3) is 0.160. The van der Waals surface area contributed by atoms with E-state index in [1.807, 2.05) is 24.3 Å². The first-order valence-electron chi connectivity index (χ1n) is 10.4. The van der Waals surface area contributed by atoms with Crippen LogP contribution >= 0.6 is 35.4 Å². The van der Waals surface area contributed by atoms with Crippen LogP contribution in [0.25, 0.3) is 0 Å². The number of hydrogen-bond donors (Lipinski definition) is 1. The van der Waals surface area contributed by atoms with Gasteiger partial charge in [-0.15, -0.1) is 0 Å². The van der Waals surface area contributed by atoms with Crippen LogP contribution in [0.2, 0.25) is 10.0 Å². The van der Waals surface area contributed by atoms with Crippen molar-refractivity contribution in [2.24, 2.45) is 0 Å². The molecule has 34 heavy (non-hydrogen) atoms. The monoisotopic (exact) mass is 513 g/mol. The highest BCUT2D eigenvalue weighted by Crippen LogP contribution is 2.30. The van der Waals surface area contributed by atoms with E-state index in [2.05, 4.69) is 5.32 Å². The van der Waals surface area contributed by atoms with E-state index in [9.17, 15) is 9.59 Å². The molecule has 3 aromatic carbocycles. The second-order valence-corrected chi connectivity index (χ2v) is 8.87. The molecule has 174 valence electrons. The zero-order valence-electron chi connectivity index (χ0n) is 18.2. The molecule has 0 aliphatic carbocycles. The molecule has 3 aromatic rings. The molecule has 2 amide bonds. The molecule has 9 heteroatoms. The third-order valence-corrected chi connectivity index (χ3v) is 6.44. The number of rotatable bonds is 7. The van der Waals surface area contributed by atoms with E-state index in [-0.39, 0.29) is 18.2 Å². The summed E-state index contributed by atoms with van der Waals surface area (Å²) in [5.41, 5.74) is 2.00. The molecule has 1 aliphatic heterocycles. The molecular weight excluding hydrogens is 493 g/mol. The molecule has 1 heterocycles. The molecule has 1 saturated heterocycles. The second-order valence-electron chi connectivity index (χ2n) is 7.66. The minimum Gasteiger partial charge on any atom is -0.497 e. The van der Waals surface area contributed by atoms with Crippen LogP contribution in [0, 0.1) is 0 Å². The van der Waals surface area contributed by atoms with Crippen molar-refractivity contribution >= 4 is 63.7 Å². The Balaban J connectivity index is 1.61. The smallest absolute Gasteiger partial charge is 0.256 e. The standard InChI is InChI=1S/C25H21Cl2N3O3S/c1-33-19-12-6-16(7-13-19)15-29-22(14-23(31)28-21-5-3-2-4-20(21)27)24(32)30(25(29)34)18-10-8-17(26)9-11-18/h2-13,22H,14-15H2,1H3,(H,28,31). The topological polar surface area (TPSA) is 61.9 Å². The van der Waals surface area contributed by atoms with Gasteiger partial charge in [0.05, 0.1) is 29.9 Å². The summed E-state index contributed by atoms with van der Waals surface area (Å²) in [7, 11) is 1.60. The number of nitrogens with one attached hydrogen (secondary N) is 1. The molecule has 0 radical (unpaired) electrons. The molecule has 1 unspecified atom stereocenters. The van der Waals surface area contributed by atoms with Crippen molar-refractivity contribution in [2.75, 3.05) is 17.3 Å². The highest BCUT2D eigenvalue weighted by molar-refractivity contribution is 7.80. The number of hydrogen-bond acceptors (Lipinski definition) is 4. The molecule has 0 saturated carbocycles. The molecule has 4 rings (SSSR count). The van der Waals surface area contributed by atoms with Crippen LogP contribution in [0.4, 0.5) is 11.4 Å². The third kappa shape index (κ3) is 5.17. The lowest BCUT2D eigenvalue weighted by atomic mass is 10.1. The Bertz CT molecular complexity index is 1220. The number of nitrogens with zero attached hydrogens (tertiary/aromatic N) is 2. The maximum atomic E-state index is 13.5. The highest BCUT2D eigenvalue weighted by atomic mass is 35.5. The molecule has 1 aliphatic rings. The zero-order chi connectivity index (χ0) is 24.2. The number of ether oxygens (including phenoxy) is 1. The van der Waals surface area contributed by atoms with Crippen molar-refractivity contribution in [1.82, 2.24) is 4.90 Å². The number of amides is 2. The Morgan fingerprint density at radius 2 is 1.71 bits per heavy atom. The van der Waals surface area contributed by atoms with Gasteiger partial charge in [0.2, 0.25) is 5.91 Å². The van der Waals surface area contributed by atoms with Crippen molar-refractivity contribution in [3.63, 3.8) is 0 Å². The predicted molar refractivity (Wildman–Crippen MR) is 139 cm³/mol. The Kier molecular flexibility index (Phi) is 7.36. The first kappa shape index (κ1) is 24.0. The number of para-hydroxylation sites is 1. The number of thiocarbonyl (C=S) groups is 1. The number of methoxy groups -OCH3 is 1. The maximum Gasteiger partial charge on any atom is 0.256 e. The van der Waals surface area contributed by atoms with Gasteiger partial charge in [0.25, 0.3) is 5.91 Å². The van der Waals surface area contributed by atoms with Gasteiger partial charge >= 0.3 is 0 Å². The van der Waals surface area contributed by atoms with Gasteiger partial charge in [-0.1, -0.05) is 47.5 Å². The summed E-state index contributed by atoms with van der Waals surface area (Å²) in [6.07, 6.45) is -0.0928. The fourth-order valence-corrected chi connectivity index (χ4v) is 4.40. The zero-order valence-corrected chi connectivity index (χ0v) is 20.5. The number of halogens is 2. The third-order valence-electron chi connectivity index (χ3n) is 5.44. The number of carbonyl (C=O) groups excluding carboxylic acids is 2. The second kappa shape index (κ2) is 10.4. The van der Waals surface area contributed by atoms with E-state index in [0.717, 1.165) is 11.3 Å². The molecule has 0 aromatic heterocycles. The van der Waals surface area contributed by atoms with Crippen molar-refractivity contribution in [3.05, 3.63) is 88.4 Å². The Labute approximate surface area is 213 Å². The van der Waals surface area contributed by atoms with Gasteiger partial charge in [0.1, 0.15) is 11.8 Å². The van der Waals surface area contributed by atoms with Gasteiger partial charge in [-0.2, -0.15) is 0 Å². The SMILES string of the molecule is COc1ccc(CN2C(=S)N(c3ccc(Cl)cc3)C(=O)C2CC(=O)Nc2ccccc2Cl)cc1. The number of carbonyl (C=O) groups is 2. The number of anilines is 2. The summed E-state index contributed by atoms with van der Waals surface area (Å²) >= 11 is 17.9. The summed E-state index contributed by atoms with van der Waals surface area (Å²) in [6.45, 7) is 0.350. The number of benzene rings is 3. The van der Waals surface area contributed by atoms with Crippen LogP contribution < -0.4 is 15.0 Å².